The molecule has 1 saturated heterocycles. The first kappa shape index (κ1) is 19.4. The van der Waals surface area contributed by atoms with Crippen molar-refractivity contribution >= 4 is 34.4 Å². The van der Waals surface area contributed by atoms with Gasteiger partial charge in [0.2, 0.25) is 0 Å². The number of rotatable bonds is 3. The number of hydrogen-bond acceptors (Lipinski definition) is 3. The fourth-order valence-electron chi connectivity index (χ4n) is 2.71. The van der Waals surface area contributed by atoms with E-state index in [0.717, 1.165) is 12.1 Å². The summed E-state index contributed by atoms with van der Waals surface area (Å²) in [6.07, 6.45) is -4.47. The van der Waals surface area contributed by atoms with Crippen molar-refractivity contribution in [1.82, 2.24) is 0 Å². The molecular weight excluding hydrogens is 382 g/mol. The van der Waals surface area contributed by atoms with Crippen LogP contribution in [0.15, 0.2) is 42.5 Å². The van der Waals surface area contributed by atoms with Crippen molar-refractivity contribution in [2.75, 3.05) is 41.8 Å². The molecule has 1 aliphatic heterocycles. The van der Waals surface area contributed by atoms with E-state index >= 15 is 0 Å². The number of benzene rings is 2. The summed E-state index contributed by atoms with van der Waals surface area (Å²) in [6.45, 7) is 2.13. The Bertz CT molecular complexity index is 805. The highest BCUT2D eigenvalue weighted by molar-refractivity contribution is 7.80. The Morgan fingerprint density at radius 1 is 1.00 bits per heavy atom. The number of anilines is 3. The number of morpholine rings is 1. The SMILES string of the molecule is Fc1ccc(NC(=S)Nc2cc(C(F)(F)F)ccc2N2CCOCC2)cc1. The second-order valence-electron chi connectivity index (χ2n) is 5.92. The summed E-state index contributed by atoms with van der Waals surface area (Å²) in [6, 6.07) is 8.99. The van der Waals surface area contributed by atoms with E-state index in [4.69, 9.17) is 17.0 Å². The summed E-state index contributed by atoms with van der Waals surface area (Å²) in [5.41, 5.74) is 0.598. The normalized spacial score (nSPS) is 14.7. The molecule has 0 bridgehead atoms. The molecule has 0 aromatic heterocycles. The third-order valence-corrected chi connectivity index (χ3v) is 4.23. The van der Waals surface area contributed by atoms with E-state index in [1.54, 1.807) is 0 Å². The van der Waals surface area contributed by atoms with Gasteiger partial charge in [-0.25, -0.2) is 4.39 Å². The van der Waals surface area contributed by atoms with Gasteiger partial charge < -0.3 is 20.3 Å². The predicted molar refractivity (Wildman–Crippen MR) is 101 cm³/mol. The van der Waals surface area contributed by atoms with Gasteiger partial charge in [-0.15, -0.1) is 0 Å². The highest BCUT2D eigenvalue weighted by Gasteiger charge is 2.31. The molecule has 1 heterocycles. The number of alkyl halides is 3. The number of ether oxygens (including phenoxy) is 1. The van der Waals surface area contributed by atoms with Gasteiger partial charge >= 0.3 is 6.18 Å². The van der Waals surface area contributed by atoms with Crippen LogP contribution in [0.25, 0.3) is 0 Å². The zero-order valence-electron chi connectivity index (χ0n) is 14.1. The van der Waals surface area contributed by atoms with Gasteiger partial charge in [0.15, 0.2) is 5.11 Å². The molecule has 0 aliphatic carbocycles. The van der Waals surface area contributed by atoms with Crippen LogP contribution in [0.5, 0.6) is 0 Å². The van der Waals surface area contributed by atoms with Crippen molar-refractivity contribution < 1.29 is 22.3 Å². The van der Waals surface area contributed by atoms with Crippen LogP contribution in [0, 0.1) is 5.82 Å². The highest BCUT2D eigenvalue weighted by Crippen LogP contribution is 2.35. The van der Waals surface area contributed by atoms with Crippen LogP contribution in [0.3, 0.4) is 0 Å². The van der Waals surface area contributed by atoms with Gasteiger partial charge in [-0.3, -0.25) is 0 Å². The van der Waals surface area contributed by atoms with Crippen LogP contribution >= 0.6 is 12.2 Å². The Balaban J connectivity index is 1.83. The van der Waals surface area contributed by atoms with E-state index in [2.05, 4.69) is 10.6 Å². The van der Waals surface area contributed by atoms with Crippen LogP contribution in [0.2, 0.25) is 0 Å². The summed E-state index contributed by atoms with van der Waals surface area (Å²) in [5.74, 6) is -0.396. The minimum absolute atomic E-state index is 0.107. The molecule has 144 valence electrons. The molecular formula is C18H17F4N3OS. The van der Waals surface area contributed by atoms with Crippen molar-refractivity contribution in [3.05, 3.63) is 53.8 Å². The lowest BCUT2D eigenvalue weighted by Crippen LogP contribution is -2.37. The maximum atomic E-state index is 13.1. The quantitative estimate of drug-likeness (QED) is 0.588. The molecule has 0 radical (unpaired) electrons. The zero-order valence-corrected chi connectivity index (χ0v) is 15.0. The van der Waals surface area contributed by atoms with Gasteiger partial charge in [0.1, 0.15) is 5.82 Å². The zero-order chi connectivity index (χ0) is 19.4. The van der Waals surface area contributed by atoms with Crippen molar-refractivity contribution in [2.45, 2.75) is 6.18 Å². The third-order valence-electron chi connectivity index (χ3n) is 4.03. The van der Waals surface area contributed by atoms with Gasteiger partial charge in [-0.2, -0.15) is 13.2 Å². The van der Waals surface area contributed by atoms with E-state index in [-0.39, 0.29) is 10.8 Å². The minimum Gasteiger partial charge on any atom is -0.378 e. The molecule has 1 aliphatic rings. The van der Waals surface area contributed by atoms with E-state index in [9.17, 15) is 17.6 Å². The standard InChI is InChI=1S/C18H17F4N3OS/c19-13-2-4-14(5-3-13)23-17(27)24-15-11-12(18(20,21)22)1-6-16(15)25-7-9-26-10-8-25/h1-6,11H,7-10H2,(H2,23,24,27). The second kappa shape index (κ2) is 8.10. The minimum atomic E-state index is -4.47. The molecule has 27 heavy (non-hydrogen) atoms. The summed E-state index contributed by atoms with van der Waals surface area (Å²) >= 11 is 5.21. The lowest BCUT2D eigenvalue weighted by atomic mass is 10.1. The fourth-order valence-corrected chi connectivity index (χ4v) is 2.94. The molecule has 9 heteroatoms. The number of thiocarbonyl (C=S) groups is 1. The van der Waals surface area contributed by atoms with Crippen molar-refractivity contribution in [3.63, 3.8) is 0 Å². The number of halogens is 4. The first-order chi connectivity index (χ1) is 12.8. The van der Waals surface area contributed by atoms with Crippen LogP contribution in [-0.4, -0.2) is 31.4 Å². The van der Waals surface area contributed by atoms with Crippen molar-refractivity contribution in [1.29, 1.82) is 0 Å². The van der Waals surface area contributed by atoms with Gasteiger partial charge in [-0.1, -0.05) is 0 Å². The monoisotopic (exact) mass is 399 g/mol. The lowest BCUT2D eigenvalue weighted by molar-refractivity contribution is -0.137. The van der Waals surface area contributed by atoms with E-state index < -0.39 is 17.6 Å². The molecule has 0 unspecified atom stereocenters. The predicted octanol–water partition coefficient (Wildman–Crippen LogP) is 4.49. The van der Waals surface area contributed by atoms with Crippen molar-refractivity contribution in [3.8, 4) is 0 Å². The Hall–Kier alpha value is -2.39. The maximum Gasteiger partial charge on any atom is 0.416 e. The topological polar surface area (TPSA) is 36.5 Å². The Kier molecular flexibility index (Phi) is 5.81. The van der Waals surface area contributed by atoms with Crippen LogP contribution in [0.1, 0.15) is 5.56 Å². The van der Waals surface area contributed by atoms with Gasteiger partial charge in [0.25, 0.3) is 0 Å². The Morgan fingerprint density at radius 3 is 2.30 bits per heavy atom. The average Bonchev–Trinajstić information content (AvgIpc) is 2.63. The molecule has 3 rings (SSSR count). The molecule has 2 aromatic rings. The Labute approximate surface area is 159 Å². The summed E-state index contributed by atoms with van der Waals surface area (Å²) in [5, 5.41) is 5.77. The van der Waals surface area contributed by atoms with Crippen LogP contribution in [-0.2, 0) is 10.9 Å². The molecule has 0 atom stereocenters. The largest absolute Gasteiger partial charge is 0.416 e. The van der Waals surface area contributed by atoms with E-state index in [1.165, 1.54) is 30.3 Å². The summed E-state index contributed by atoms with van der Waals surface area (Å²) in [4.78, 5) is 1.94. The maximum absolute atomic E-state index is 13.1. The molecule has 0 spiro atoms. The first-order valence-electron chi connectivity index (χ1n) is 8.20. The molecule has 1 fully saturated rings. The second-order valence-corrected chi connectivity index (χ2v) is 6.32. The average molecular weight is 399 g/mol. The Morgan fingerprint density at radius 2 is 1.67 bits per heavy atom. The molecule has 0 saturated carbocycles. The van der Waals surface area contributed by atoms with E-state index in [0.29, 0.717) is 37.7 Å². The molecule has 2 aromatic carbocycles. The van der Waals surface area contributed by atoms with Crippen LogP contribution < -0.4 is 15.5 Å². The number of hydrogen-bond donors (Lipinski definition) is 2. The van der Waals surface area contributed by atoms with Gasteiger partial charge in [0.05, 0.1) is 30.2 Å². The van der Waals surface area contributed by atoms with Gasteiger partial charge in [0, 0.05) is 18.8 Å². The van der Waals surface area contributed by atoms with Gasteiger partial charge in [-0.05, 0) is 54.7 Å². The fraction of sp³-hybridized carbons (Fsp3) is 0.278. The molecule has 4 nitrogen and oxygen atoms in total. The third kappa shape index (κ3) is 5.08. The number of nitrogens with zero attached hydrogens (tertiary/aromatic N) is 1. The molecule has 0 amide bonds. The first-order valence-corrected chi connectivity index (χ1v) is 8.61. The number of nitrogens with one attached hydrogen (secondary N) is 2. The summed E-state index contributed by atoms with van der Waals surface area (Å²) < 4.78 is 57.6. The van der Waals surface area contributed by atoms with E-state index in [1.807, 2.05) is 4.90 Å². The highest BCUT2D eigenvalue weighted by atomic mass is 32.1. The smallest absolute Gasteiger partial charge is 0.378 e. The van der Waals surface area contributed by atoms with Crippen LogP contribution in [0.4, 0.5) is 34.6 Å². The lowest BCUT2D eigenvalue weighted by Gasteiger charge is -2.31. The summed E-state index contributed by atoms with van der Waals surface area (Å²) in [7, 11) is 0. The van der Waals surface area contributed by atoms with Crippen molar-refractivity contribution in [2.24, 2.45) is 0 Å². The molecule has 2 N–H and O–H groups in total.